The van der Waals surface area contributed by atoms with Gasteiger partial charge in [0.2, 0.25) is 0 Å². The predicted octanol–water partition coefficient (Wildman–Crippen LogP) is 5.32. The molecule has 0 aromatic heterocycles. The van der Waals surface area contributed by atoms with Crippen molar-refractivity contribution in [1.82, 2.24) is 0 Å². The molecule has 0 amide bonds. The zero-order valence-electron chi connectivity index (χ0n) is 10.8. The van der Waals surface area contributed by atoms with Gasteiger partial charge in [-0.25, -0.2) is 4.39 Å². The summed E-state index contributed by atoms with van der Waals surface area (Å²) in [5, 5.41) is 3.50. The lowest BCUT2D eigenvalue weighted by Crippen LogP contribution is -2.27. The molecule has 1 aliphatic rings. The third-order valence-corrected chi connectivity index (χ3v) is 4.79. The molecule has 2 aromatic carbocycles. The quantitative estimate of drug-likeness (QED) is 0.721. The van der Waals surface area contributed by atoms with Crippen LogP contribution in [0, 0.1) is 5.82 Å². The van der Waals surface area contributed by atoms with Gasteiger partial charge in [-0.1, -0.05) is 22.0 Å². The second-order valence-corrected chi connectivity index (χ2v) is 6.90. The van der Waals surface area contributed by atoms with Gasteiger partial charge in [0.25, 0.3) is 0 Å². The van der Waals surface area contributed by atoms with Gasteiger partial charge >= 0.3 is 0 Å². The highest BCUT2D eigenvalue weighted by Gasteiger charge is 2.18. The van der Waals surface area contributed by atoms with Gasteiger partial charge in [0.05, 0.1) is 4.47 Å². The summed E-state index contributed by atoms with van der Waals surface area (Å²) >= 11 is 6.74. The first-order chi connectivity index (χ1) is 9.61. The molecule has 0 saturated carbocycles. The zero-order valence-corrected chi connectivity index (χ0v) is 14.0. The van der Waals surface area contributed by atoms with Crippen LogP contribution >= 0.6 is 31.9 Å². The van der Waals surface area contributed by atoms with Gasteiger partial charge in [-0.05, 0) is 76.7 Å². The Bertz CT molecular complexity index is 642. The summed E-state index contributed by atoms with van der Waals surface area (Å²) in [6, 6.07) is 12.0. The van der Waals surface area contributed by atoms with Gasteiger partial charge in [0.15, 0.2) is 0 Å². The Morgan fingerprint density at radius 2 is 1.90 bits per heavy atom. The van der Waals surface area contributed by atoms with Crippen LogP contribution in [0.1, 0.15) is 17.5 Å². The second kappa shape index (κ2) is 5.86. The van der Waals surface area contributed by atoms with Crippen LogP contribution in [0.2, 0.25) is 0 Å². The van der Waals surface area contributed by atoms with E-state index in [-0.39, 0.29) is 5.82 Å². The van der Waals surface area contributed by atoms with Crippen molar-refractivity contribution in [2.75, 3.05) is 5.32 Å². The lowest BCUT2D eigenvalue weighted by atomic mass is 9.88. The van der Waals surface area contributed by atoms with Gasteiger partial charge in [0.1, 0.15) is 5.82 Å². The number of anilines is 1. The fourth-order valence-electron chi connectivity index (χ4n) is 2.67. The van der Waals surface area contributed by atoms with E-state index >= 15 is 0 Å². The summed E-state index contributed by atoms with van der Waals surface area (Å²) in [5.74, 6) is -0.227. The van der Waals surface area contributed by atoms with Gasteiger partial charge in [0, 0.05) is 16.2 Å². The number of hydrogen-bond donors (Lipinski definition) is 1. The van der Waals surface area contributed by atoms with Gasteiger partial charge in [-0.3, -0.25) is 0 Å². The first-order valence-electron chi connectivity index (χ1n) is 6.61. The summed E-state index contributed by atoms with van der Waals surface area (Å²) < 4.78 is 14.9. The van der Waals surface area contributed by atoms with Gasteiger partial charge in [-0.15, -0.1) is 0 Å². The highest BCUT2D eigenvalue weighted by Crippen LogP contribution is 2.27. The van der Waals surface area contributed by atoms with Gasteiger partial charge in [-0.2, -0.15) is 0 Å². The van der Waals surface area contributed by atoms with Crippen LogP contribution in [0.4, 0.5) is 10.1 Å². The zero-order chi connectivity index (χ0) is 14.1. The SMILES string of the molecule is Fc1ccc(NC2CCc3cc(Br)ccc3C2)cc1Br. The third-order valence-electron chi connectivity index (χ3n) is 3.69. The van der Waals surface area contributed by atoms with Crippen molar-refractivity contribution in [2.24, 2.45) is 0 Å². The summed E-state index contributed by atoms with van der Waals surface area (Å²) in [6.07, 6.45) is 3.19. The van der Waals surface area contributed by atoms with Crippen molar-refractivity contribution in [3.05, 3.63) is 62.3 Å². The molecule has 1 N–H and O–H groups in total. The number of halogens is 3. The van der Waals surface area contributed by atoms with Crippen molar-refractivity contribution in [2.45, 2.75) is 25.3 Å². The number of rotatable bonds is 2. The Morgan fingerprint density at radius 1 is 1.05 bits per heavy atom. The number of hydrogen-bond acceptors (Lipinski definition) is 1. The number of fused-ring (bicyclic) bond motifs is 1. The molecule has 2 aromatic rings. The summed E-state index contributed by atoms with van der Waals surface area (Å²) in [4.78, 5) is 0. The van der Waals surface area contributed by atoms with Crippen LogP contribution in [-0.4, -0.2) is 6.04 Å². The largest absolute Gasteiger partial charge is 0.382 e. The van der Waals surface area contributed by atoms with Crippen LogP contribution in [0.5, 0.6) is 0 Å². The molecule has 1 nitrogen and oxygen atoms in total. The number of nitrogens with one attached hydrogen (secondary N) is 1. The molecule has 1 aliphatic carbocycles. The molecule has 0 heterocycles. The van der Waals surface area contributed by atoms with Crippen molar-refractivity contribution < 1.29 is 4.39 Å². The van der Waals surface area contributed by atoms with E-state index in [0.717, 1.165) is 29.4 Å². The topological polar surface area (TPSA) is 12.0 Å². The summed E-state index contributed by atoms with van der Waals surface area (Å²) in [5.41, 5.74) is 3.79. The van der Waals surface area contributed by atoms with Crippen molar-refractivity contribution in [3.63, 3.8) is 0 Å². The fourth-order valence-corrected chi connectivity index (χ4v) is 3.46. The van der Waals surface area contributed by atoms with E-state index in [9.17, 15) is 4.39 Å². The maximum Gasteiger partial charge on any atom is 0.137 e. The molecule has 0 fully saturated rings. The molecule has 0 spiro atoms. The van der Waals surface area contributed by atoms with E-state index in [4.69, 9.17) is 0 Å². The fraction of sp³-hybridized carbons (Fsp3) is 0.250. The van der Waals surface area contributed by atoms with E-state index in [2.05, 4.69) is 55.4 Å². The smallest absolute Gasteiger partial charge is 0.137 e. The first-order valence-corrected chi connectivity index (χ1v) is 8.19. The molecule has 4 heteroatoms. The third kappa shape index (κ3) is 3.07. The standard InChI is InChI=1S/C16H14Br2FN/c17-12-3-1-11-8-13(4-2-10(11)7-12)20-14-5-6-16(19)15(18)9-14/h1,3,5-7,9,13,20H,2,4,8H2. The molecule has 1 atom stereocenters. The Labute approximate surface area is 134 Å². The molecule has 0 aliphatic heterocycles. The van der Waals surface area contributed by atoms with Crippen LogP contribution in [0.3, 0.4) is 0 Å². The Hall–Kier alpha value is -0.870. The Kier molecular flexibility index (Phi) is 4.13. The molecule has 3 rings (SSSR count). The summed E-state index contributed by atoms with van der Waals surface area (Å²) in [7, 11) is 0. The highest BCUT2D eigenvalue weighted by molar-refractivity contribution is 9.10. The number of aryl methyl sites for hydroxylation is 1. The molecular weight excluding hydrogens is 385 g/mol. The van der Waals surface area contributed by atoms with Crippen molar-refractivity contribution >= 4 is 37.5 Å². The number of benzene rings is 2. The second-order valence-electron chi connectivity index (χ2n) is 5.13. The molecule has 104 valence electrons. The van der Waals surface area contributed by atoms with Crippen LogP contribution in [0.15, 0.2) is 45.3 Å². The molecule has 20 heavy (non-hydrogen) atoms. The first kappa shape index (κ1) is 14.1. The normalized spacial score (nSPS) is 17.6. The minimum Gasteiger partial charge on any atom is -0.382 e. The minimum atomic E-state index is -0.227. The lowest BCUT2D eigenvalue weighted by Gasteiger charge is -2.26. The molecular formula is C16H14Br2FN. The van der Waals surface area contributed by atoms with E-state index in [0.29, 0.717) is 10.5 Å². The molecule has 0 radical (unpaired) electrons. The van der Waals surface area contributed by atoms with Gasteiger partial charge < -0.3 is 5.32 Å². The highest BCUT2D eigenvalue weighted by atomic mass is 79.9. The van der Waals surface area contributed by atoms with Crippen molar-refractivity contribution in [3.8, 4) is 0 Å². The van der Waals surface area contributed by atoms with Crippen molar-refractivity contribution in [1.29, 1.82) is 0 Å². The molecule has 1 unspecified atom stereocenters. The van der Waals surface area contributed by atoms with Crippen LogP contribution < -0.4 is 5.32 Å². The van der Waals surface area contributed by atoms with E-state index in [1.54, 1.807) is 12.1 Å². The maximum atomic E-state index is 13.2. The minimum absolute atomic E-state index is 0.227. The summed E-state index contributed by atoms with van der Waals surface area (Å²) in [6.45, 7) is 0. The lowest BCUT2D eigenvalue weighted by molar-refractivity contribution is 0.607. The molecule has 0 bridgehead atoms. The predicted molar refractivity (Wildman–Crippen MR) is 87.7 cm³/mol. The van der Waals surface area contributed by atoms with E-state index in [1.165, 1.54) is 17.2 Å². The average Bonchev–Trinajstić information content (AvgIpc) is 2.43. The molecule has 0 saturated heterocycles. The maximum absolute atomic E-state index is 13.2. The Morgan fingerprint density at radius 3 is 2.70 bits per heavy atom. The monoisotopic (exact) mass is 397 g/mol. The van der Waals surface area contributed by atoms with E-state index < -0.39 is 0 Å². The average molecular weight is 399 g/mol. The van der Waals surface area contributed by atoms with Crippen LogP contribution in [-0.2, 0) is 12.8 Å². The Balaban J connectivity index is 1.74. The van der Waals surface area contributed by atoms with Crippen LogP contribution in [0.25, 0.3) is 0 Å². The van der Waals surface area contributed by atoms with E-state index in [1.807, 2.05) is 0 Å².